The molecule has 0 aliphatic carbocycles. The molecule has 7 nitrogen and oxygen atoms in total. The van der Waals surface area contributed by atoms with Crippen molar-refractivity contribution >= 4 is 49.9 Å². The van der Waals surface area contributed by atoms with E-state index in [1.807, 2.05) is 24.3 Å². The zero-order valence-electron chi connectivity index (χ0n) is 19.9. The molecule has 2 amide bonds. The smallest absolute Gasteiger partial charge is 0.252 e. The summed E-state index contributed by atoms with van der Waals surface area (Å²) in [6.07, 6.45) is -0.290. The van der Waals surface area contributed by atoms with Crippen molar-refractivity contribution in [2.75, 3.05) is 12.0 Å². The summed E-state index contributed by atoms with van der Waals surface area (Å²) in [5.41, 5.74) is 0.871. The van der Waals surface area contributed by atoms with Gasteiger partial charge >= 0.3 is 0 Å². The highest BCUT2D eigenvalue weighted by atomic mass is 35.5. The molecule has 1 fully saturated rings. The summed E-state index contributed by atoms with van der Waals surface area (Å²) in [7, 11) is -2.69. The van der Waals surface area contributed by atoms with Gasteiger partial charge in [0.1, 0.15) is 11.8 Å². The van der Waals surface area contributed by atoms with E-state index < -0.39 is 27.9 Å². The fourth-order valence-electron chi connectivity index (χ4n) is 4.46. The second kappa shape index (κ2) is 9.97. The van der Waals surface area contributed by atoms with E-state index in [9.17, 15) is 18.0 Å². The summed E-state index contributed by atoms with van der Waals surface area (Å²) in [6.45, 7) is -0.172. The number of carbonyl (C=O) groups excluding carboxylic acids is 2. The Morgan fingerprint density at radius 3 is 2.30 bits per heavy atom. The minimum atomic E-state index is -4.21. The summed E-state index contributed by atoms with van der Waals surface area (Å²) in [4.78, 5) is 27.7. The van der Waals surface area contributed by atoms with Gasteiger partial charge in [0.25, 0.3) is 5.91 Å². The lowest BCUT2D eigenvalue weighted by molar-refractivity contribution is -0.122. The SMILES string of the molecule is COc1ccc(N2C(=O)CC(N(Cc3ccccc3Cl)S(=O)(=O)c3ccc4ccccc4c3)C2=O)cc1. The van der Waals surface area contributed by atoms with E-state index in [2.05, 4.69) is 0 Å². The third-order valence-corrected chi connectivity index (χ3v) is 8.63. The Balaban J connectivity index is 1.57. The lowest BCUT2D eigenvalue weighted by Crippen LogP contribution is -2.45. The number of ether oxygens (including phenoxy) is 1. The van der Waals surface area contributed by atoms with Gasteiger partial charge in [-0.25, -0.2) is 13.3 Å². The molecule has 0 saturated carbocycles. The third-order valence-electron chi connectivity index (χ3n) is 6.41. The maximum atomic E-state index is 14.0. The summed E-state index contributed by atoms with van der Waals surface area (Å²) < 4.78 is 34.3. The van der Waals surface area contributed by atoms with Gasteiger partial charge in [0.2, 0.25) is 15.9 Å². The van der Waals surface area contributed by atoms with Crippen LogP contribution in [-0.4, -0.2) is 37.7 Å². The number of benzene rings is 4. The largest absolute Gasteiger partial charge is 0.497 e. The molecule has 5 rings (SSSR count). The zero-order chi connectivity index (χ0) is 26.2. The monoisotopic (exact) mass is 534 g/mol. The van der Waals surface area contributed by atoms with Gasteiger partial charge in [-0.1, -0.05) is 60.1 Å². The molecular formula is C28H23ClN2O5S. The molecule has 37 heavy (non-hydrogen) atoms. The van der Waals surface area contributed by atoms with Crippen molar-refractivity contribution in [1.82, 2.24) is 4.31 Å². The Kier molecular flexibility index (Phi) is 6.72. The van der Waals surface area contributed by atoms with Crippen LogP contribution < -0.4 is 9.64 Å². The van der Waals surface area contributed by atoms with Gasteiger partial charge in [-0.3, -0.25) is 9.59 Å². The molecule has 188 valence electrons. The van der Waals surface area contributed by atoms with Crippen LogP contribution in [0.15, 0.2) is 95.9 Å². The zero-order valence-corrected chi connectivity index (χ0v) is 21.4. The number of hydrogen-bond acceptors (Lipinski definition) is 5. The van der Waals surface area contributed by atoms with E-state index in [0.29, 0.717) is 22.0 Å². The molecule has 1 aliphatic heterocycles. The third kappa shape index (κ3) is 4.71. The van der Waals surface area contributed by atoms with Crippen LogP contribution in [0.2, 0.25) is 5.02 Å². The number of methoxy groups -OCH3 is 1. The Morgan fingerprint density at radius 1 is 0.919 bits per heavy atom. The Labute approximate surface area is 219 Å². The van der Waals surface area contributed by atoms with Crippen LogP contribution in [0.3, 0.4) is 0 Å². The van der Waals surface area contributed by atoms with E-state index in [0.717, 1.165) is 20.0 Å². The summed E-state index contributed by atoms with van der Waals surface area (Å²) in [5, 5.41) is 2.00. The van der Waals surface area contributed by atoms with Gasteiger partial charge in [0.15, 0.2) is 0 Å². The average molecular weight is 535 g/mol. The van der Waals surface area contributed by atoms with Crippen LogP contribution in [0.25, 0.3) is 10.8 Å². The first-order valence-electron chi connectivity index (χ1n) is 11.5. The molecule has 4 aromatic rings. The number of carbonyl (C=O) groups is 2. The number of imide groups is 1. The topological polar surface area (TPSA) is 84.0 Å². The number of rotatable bonds is 7. The Hall–Kier alpha value is -3.72. The summed E-state index contributed by atoms with van der Waals surface area (Å²) in [5.74, 6) is -0.539. The molecule has 0 spiro atoms. The van der Waals surface area contributed by atoms with Gasteiger partial charge in [-0.05, 0) is 58.8 Å². The van der Waals surface area contributed by atoms with Crippen LogP contribution in [0.5, 0.6) is 5.75 Å². The number of nitrogens with zero attached hydrogens (tertiary/aromatic N) is 2. The van der Waals surface area contributed by atoms with Crippen molar-refractivity contribution in [3.05, 3.63) is 102 Å². The predicted octanol–water partition coefficient (Wildman–Crippen LogP) is 5.02. The van der Waals surface area contributed by atoms with Crippen molar-refractivity contribution in [3.63, 3.8) is 0 Å². The minimum Gasteiger partial charge on any atom is -0.497 e. The van der Waals surface area contributed by atoms with Crippen LogP contribution in [0, 0.1) is 0 Å². The molecule has 0 bridgehead atoms. The van der Waals surface area contributed by atoms with Crippen LogP contribution in [0.4, 0.5) is 5.69 Å². The van der Waals surface area contributed by atoms with Crippen LogP contribution >= 0.6 is 11.6 Å². The predicted molar refractivity (Wildman–Crippen MR) is 142 cm³/mol. The second-order valence-electron chi connectivity index (χ2n) is 8.64. The maximum Gasteiger partial charge on any atom is 0.252 e. The van der Waals surface area contributed by atoms with Gasteiger partial charge in [0, 0.05) is 11.6 Å². The lowest BCUT2D eigenvalue weighted by Gasteiger charge is -2.27. The highest BCUT2D eigenvalue weighted by Crippen LogP contribution is 2.33. The number of amides is 2. The standard InChI is InChI=1S/C28H23ClN2O5S/c1-36-23-13-11-22(12-14-23)31-27(32)17-26(28(31)33)30(18-21-8-4-5-9-25(21)29)37(34,35)24-15-10-19-6-2-3-7-20(19)16-24/h2-16,26H,17-18H2,1H3. The van der Waals surface area contributed by atoms with Crippen molar-refractivity contribution < 1.29 is 22.7 Å². The molecule has 1 saturated heterocycles. The van der Waals surface area contributed by atoms with Gasteiger partial charge in [0.05, 0.1) is 24.1 Å². The number of fused-ring (bicyclic) bond motifs is 1. The van der Waals surface area contributed by atoms with Gasteiger partial charge in [-0.2, -0.15) is 4.31 Å². The van der Waals surface area contributed by atoms with E-state index in [1.165, 1.54) is 13.2 Å². The highest BCUT2D eigenvalue weighted by Gasteiger charge is 2.47. The number of halogens is 1. The van der Waals surface area contributed by atoms with E-state index in [4.69, 9.17) is 16.3 Å². The molecule has 0 aromatic heterocycles. The normalized spacial score (nSPS) is 16.1. The molecule has 1 heterocycles. The van der Waals surface area contributed by atoms with Gasteiger partial charge in [-0.15, -0.1) is 0 Å². The molecule has 9 heteroatoms. The first kappa shape index (κ1) is 25.0. The first-order chi connectivity index (χ1) is 17.8. The van der Waals surface area contributed by atoms with Crippen molar-refractivity contribution in [2.24, 2.45) is 0 Å². The molecule has 1 atom stereocenters. The highest BCUT2D eigenvalue weighted by molar-refractivity contribution is 7.89. The average Bonchev–Trinajstić information content (AvgIpc) is 3.20. The Bertz CT molecular complexity index is 1600. The number of anilines is 1. The number of sulfonamides is 1. The van der Waals surface area contributed by atoms with Crippen molar-refractivity contribution in [1.29, 1.82) is 0 Å². The number of hydrogen-bond donors (Lipinski definition) is 0. The molecule has 1 unspecified atom stereocenters. The fraction of sp³-hybridized carbons (Fsp3) is 0.143. The molecule has 1 aliphatic rings. The van der Waals surface area contributed by atoms with E-state index in [-0.39, 0.29) is 17.9 Å². The minimum absolute atomic E-state index is 0.0291. The molecule has 4 aromatic carbocycles. The van der Waals surface area contributed by atoms with Crippen molar-refractivity contribution in [3.8, 4) is 5.75 Å². The molecular weight excluding hydrogens is 512 g/mol. The second-order valence-corrected chi connectivity index (χ2v) is 10.9. The van der Waals surface area contributed by atoms with Crippen molar-refractivity contribution in [2.45, 2.75) is 23.9 Å². The van der Waals surface area contributed by atoms with E-state index in [1.54, 1.807) is 60.7 Å². The maximum absolute atomic E-state index is 14.0. The van der Waals surface area contributed by atoms with E-state index >= 15 is 0 Å². The lowest BCUT2D eigenvalue weighted by atomic mass is 10.1. The first-order valence-corrected chi connectivity index (χ1v) is 13.4. The summed E-state index contributed by atoms with van der Waals surface area (Å²) in [6, 6.07) is 24.3. The fourth-order valence-corrected chi connectivity index (χ4v) is 6.25. The quantitative estimate of drug-likeness (QED) is 0.311. The molecule has 0 radical (unpaired) electrons. The Morgan fingerprint density at radius 2 is 1.59 bits per heavy atom. The van der Waals surface area contributed by atoms with Gasteiger partial charge < -0.3 is 4.74 Å². The summed E-state index contributed by atoms with van der Waals surface area (Å²) >= 11 is 6.37. The molecule has 0 N–H and O–H groups in total. The van der Waals surface area contributed by atoms with Crippen LogP contribution in [-0.2, 0) is 26.2 Å². The van der Waals surface area contributed by atoms with Crippen LogP contribution in [0.1, 0.15) is 12.0 Å².